The van der Waals surface area contributed by atoms with Gasteiger partial charge in [-0.25, -0.2) is 4.52 Å². The van der Waals surface area contributed by atoms with Crippen molar-refractivity contribution in [1.82, 2.24) is 34.3 Å². The van der Waals surface area contributed by atoms with Crippen LogP contribution in [-0.4, -0.2) is 65.2 Å². The van der Waals surface area contributed by atoms with Crippen LogP contribution in [0.25, 0.3) is 16.8 Å². The van der Waals surface area contributed by atoms with E-state index in [4.69, 9.17) is 0 Å². The van der Waals surface area contributed by atoms with Gasteiger partial charge in [0.25, 0.3) is 5.91 Å². The fourth-order valence-electron chi connectivity index (χ4n) is 6.20. The van der Waals surface area contributed by atoms with Crippen LogP contribution in [-0.2, 0) is 17.8 Å². The summed E-state index contributed by atoms with van der Waals surface area (Å²) in [5.41, 5.74) is 5.72. The van der Waals surface area contributed by atoms with Gasteiger partial charge in [-0.15, -0.1) is 0 Å². The lowest BCUT2D eigenvalue weighted by atomic mass is 10.1. The summed E-state index contributed by atoms with van der Waals surface area (Å²) in [5.74, 6) is 0.362. The summed E-state index contributed by atoms with van der Waals surface area (Å²) in [4.78, 5) is 37.2. The van der Waals surface area contributed by atoms with E-state index in [0.717, 1.165) is 43.1 Å². The van der Waals surface area contributed by atoms with Gasteiger partial charge in [0, 0.05) is 30.4 Å². The van der Waals surface area contributed by atoms with Crippen LogP contribution >= 0.6 is 0 Å². The normalized spacial score (nSPS) is 20.2. The maximum absolute atomic E-state index is 13.2. The number of hydrogen-bond acceptors (Lipinski definition) is 7. The number of hydrogen-bond donors (Lipinski definition) is 2. The molecule has 2 fully saturated rings. The summed E-state index contributed by atoms with van der Waals surface area (Å²) >= 11 is 0. The van der Waals surface area contributed by atoms with Crippen molar-refractivity contribution in [1.29, 1.82) is 0 Å². The molecule has 1 saturated heterocycles. The minimum Gasteiger partial charge on any atom is -0.324 e. The van der Waals surface area contributed by atoms with Crippen LogP contribution < -0.4 is 10.6 Å². The van der Waals surface area contributed by atoms with E-state index >= 15 is 0 Å². The van der Waals surface area contributed by atoms with Gasteiger partial charge >= 0.3 is 0 Å². The summed E-state index contributed by atoms with van der Waals surface area (Å²) in [7, 11) is 0. The molecule has 1 saturated carbocycles. The molecule has 194 valence electrons. The highest BCUT2D eigenvalue weighted by atomic mass is 16.2. The highest BCUT2D eigenvalue weighted by molar-refractivity contribution is 6.09. The van der Waals surface area contributed by atoms with Crippen molar-refractivity contribution in [2.45, 2.75) is 51.6 Å². The van der Waals surface area contributed by atoms with Gasteiger partial charge in [-0.05, 0) is 51.0 Å². The number of anilines is 2. The van der Waals surface area contributed by atoms with E-state index in [9.17, 15) is 9.59 Å². The van der Waals surface area contributed by atoms with Crippen LogP contribution in [0.2, 0.25) is 0 Å². The number of amides is 2. The number of rotatable bonds is 6. The van der Waals surface area contributed by atoms with Crippen LogP contribution in [0.4, 0.5) is 11.4 Å². The van der Waals surface area contributed by atoms with Gasteiger partial charge in [0.05, 0.1) is 71.4 Å². The van der Waals surface area contributed by atoms with Gasteiger partial charge in [-0.1, -0.05) is 0 Å². The van der Waals surface area contributed by atoms with Crippen molar-refractivity contribution in [3.05, 3.63) is 54.0 Å². The standard InChI is InChI=1S/C27H29N9O2/c1-16-22(8-18(9-28-16)32-26(37)15-34-13-17-4-5-19(34)7-17)33-27(38)21-11-31-36-14-23(29-12-25(21)36)20-10-30-35-6-2-3-24(20)35/h8-12,14,17,19H,2-7,13,15H2,1H3,(H,32,37)(H,33,38)/t17-,19+/m1/s1. The average molecular weight is 512 g/mol. The van der Waals surface area contributed by atoms with Crippen molar-refractivity contribution in [2.75, 3.05) is 23.7 Å². The Morgan fingerprint density at radius 1 is 1.08 bits per heavy atom. The summed E-state index contributed by atoms with van der Waals surface area (Å²) in [6.07, 6.45) is 14.2. The zero-order valence-electron chi connectivity index (χ0n) is 21.2. The van der Waals surface area contributed by atoms with Gasteiger partial charge in [0.2, 0.25) is 5.91 Å². The fraction of sp³-hybridized carbons (Fsp3) is 0.407. The van der Waals surface area contributed by atoms with Gasteiger partial charge in [0.15, 0.2) is 0 Å². The molecule has 0 radical (unpaired) electrons. The first-order valence-corrected chi connectivity index (χ1v) is 13.2. The van der Waals surface area contributed by atoms with E-state index in [1.807, 2.05) is 24.0 Å². The molecule has 4 aromatic rings. The summed E-state index contributed by atoms with van der Waals surface area (Å²) < 4.78 is 3.69. The molecule has 0 spiro atoms. The van der Waals surface area contributed by atoms with Crippen LogP contribution in [0.15, 0.2) is 37.1 Å². The number of piperidine rings is 1. The van der Waals surface area contributed by atoms with E-state index < -0.39 is 0 Å². The lowest BCUT2D eigenvalue weighted by Crippen LogP contribution is -2.38. The number of aryl methyl sites for hydroxylation is 2. The Balaban J connectivity index is 1.06. The highest BCUT2D eigenvalue weighted by Gasteiger charge is 2.38. The average Bonchev–Trinajstić information content (AvgIpc) is 3.71. The molecule has 3 aliphatic rings. The molecule has 2 aliphatic heterocycles. The molecular formula is C27H29N9O2. The molecular weight excluding hydrogens is 482 g/mol. The van der Waals surface area contributed by atoms with Crippen molar-refractivity contribution in [2.24, 2.45) is 5.92 Å². The lowest BCUT2D eigenvalue weighted by molar-refractivity contribution is -0.117. The molecule has 2 N–H and O–H groups in total. The predicted molar refractivity (Wildman–Crippen MR) is 141 cm³/mol. The topological polar surface area (TPSA) is 122 Å². The Morgan fingerprint density at radius 3 is 2.84 bits per heavy atom. The van der Waals surface area contributed by atoms with Crippen molar-refractivity contribution < 1.29 is 9.59 Å². The quantitative estimate of drug-likeness (QED) is 0.408. The molecule has 0 unspecified atom stereocenters. The van der Waals surface area contributed by atoms with Gasteiger partial charge in [0.1, 0.15) is 0 Å². The Bertz CT molecular complexity index is 1570. The van der Waals surface area contributed by atoms with Crippen LogP contribution in [0.3, 0.4) is 0 Å². The molecule has 11 heteroatoms. The second kappa shape index (κ2) is 9.02. The number of nitrogens with zero attached hydrogens (tertiary/aromatic N) is 7. The third-order valence-corrected chi connectivity index (χ3v) is 8.15. The smallest absolute Gasteiger partial charge is 0.259 e. The highest BCUT2D eigenvalue weighted by Crippen LogP contribution is 2.37. The summed E-state index contributed by atoms with van der Waals surface area (Å²) in [5, 5.41) is 14.7. The van der Waals surface area contributed by atoms with Crippen molar-refractivity contribution in [3.8, 4) is 11.3 Å². The first-order chi connectivity index (χ1) is 18.5. The number of carbonyl (C=O) groups is 2. The summed E-state index contributed by atoms with van der Waals surface area (Å²) in [6.45, 7) is 4.14. The molecule has 0 aromatic carbocycles. The van der Waals surface area contributed by atoms with Crippen molar-refractivity contribution in [3.63, 3.8) is 0 Å². The monoisotopic (exact) mass is 511 g/mol. The first-order valence-electron chi connectivity index (χ1n) is 13.2. The van der Waals surface area contributed by atoms with E-state index in [0.29, 0.717) is 40.7 Å². The maximum atomic E-state index is 13.2. The zero-order chi connectivity index (χ0) is 25.8. The number of aromatic nitrogens is 6. The molecule has 2 bridgehead atoms. The van der Waals surface area contributed by atoms with E-state index in [2.05, 4.69) is 35.7 Å². The summed E-state index contributed by atoms with van der Waals surface area (Å²) in [6, 6.07) is 2.28. The van der Waals surface area contributed by atoms with Crippen LogP contribution in [0.1, 0.15) is 47.4 Å². The molecule has 7 rings (SSSR count). The molecule has 4 aromatic heterocycles. The molecule has 2 atom stereocenters. The van der Waals surface area contributed by atoms with E-state index in [1.165, 1.54) is 31.2 Å². The van der Waals surface area contributed by atoms with Crippen molar-refractivity contribution >= 4 is 28.7 Å². The Hall–Kier alpha value is -4.12. The molecule has 1 aliphatic carbocycles. The van der Waals surface area contributed by atoms with Crippen LogP contribution in [0.5, 0.6) is 0 Å². The molecule has 11 nitrogen and oxygen atoms in total. The maximum Gasteiger partial charge on any atom is 0.259 e. The third kappa shape index (κ3) is 4.03. The SMILES string of the molecule is Cc1ncc(NC(=O)CN2C[C@@H]3CC[C@H]2C3)cc1NC(=O)c1cnn2cc(-c3cnn4c3CCC4)ncc12. The number of pyridine rings is 1. The third-order valence-electron chi connectivity index (χ3n) is 8.15. The Kier molecular flexibility index (Phi) is 5.46. The second-order valence-electron chi connectivity index (χ2n) is 10.6. The molecule has 6 heterocycles. The zero-order valence-corrected chi connectivity index (χ0v) is 21.2. The Labute approximate surface area is 219 Å². The van der Waals surface area contributed by atoms with E-state index in [1.54, 1.807) is 23.0 Å². The number of likely N-dealkylation sites (tertiary alicyclic amines) is 1. The predicted octanol–water partition coefficient (Wildman–Crippen LogP) is 2.92. The van der Waals surface area contributed by atoms with Gasteiger partial charge < -0.3 is 10.6 Å². The largest absolute Gasteiger partial charge is 0.324 e. The fourth-order valence-corrected chi connectivity index (χ4v) is 6.20. The van der Waals surface area contributed by atoms with Gasteiger partial charge in [-0.2, -0.15) is 10.2 Å². The minimum atomic E-state index is -0.317. The number of nitrogens with one attached hydrogen (secondary N) is 2. The second-order valence-corrected chi connectivity index (χ2v) is 10.6. The number of carbonyl (C=O) groups excluding carboxylic acids is 2. The lowest BCUT2D eigenvalue weighted by Gasteiger charge is -2.25. The van der Waals surface area contributed by atoms with E-state index in [-0.39, 0.29) is 11.8 Å². The van der Waals surface area contributed by atoms with Crippen LogP contribution in [0, 0.1) is 12.8 Å². The molecule has 2 amide bonds. The minimum absolute atomic E-state index is 0.0611. The van der Waals surface area contributed by atoms with Gasteiger partial charge in [-0.3, -0.25) is 29.1 Å². The Morgan fingerprint density at radius 2 is 2.00 bits per heavy atom. The first kappa shape index (κ1) is 23.0. The molecule has 38 heavy (non-hydrogen) atoms. The number of fused-ring (bicyclic) bond motifs is 4.